The highest BCUT2D eigenvalue weighted by molar-refractivity contribution is 5.59. The molecule has 2 rings (SSSR count). The fourth-order valence-electron chi connectivity index (χ4n) is 1.52. The van der Waals surface area contributed by atoms with Crippen LogP contribution in [0.15, 0.2) is 12.3 Å². The van der Waals surface area contributed by atoms with Crippen molar-refractivity contribution in [3.8, 4) is 5.88 Å². The van der Waals surface area contributed by atoms with Gasteiger partial charge in [-0.1, -0.05) is 0 Å². The number of aromatic nitrogens is 1. The molecule has 2 heterocycles. The molecule has 0 amide bonds. The van der Waals surface area contributed by atoms with Gasteiger partial charge in [0, 0.05) is 12.7 Å². The van der Waals surface area contributed by atoms with Crippen LogP contribution in [0.4, 0.5) is 5.69 Å². The first kappa shape index (κ1) is 7.40. The minimum absolute atomic E-state index is 0.715. The zero-order valence-electron chi connectivity index (χ0n) is 7.13. The van der Waals surface area contributed by atoms with Crippen molar-refractivity contribution in [3.63, 3.8) is 0 Å². The van der Waals surface area contributed by atoms with Gasteiger partial charge in [-0.15, -0.1) is 0 Å². The van der Waals surface area contributed by atoms with Gasteiger partial charge >= 0.3 is 0 Å². The van der Waals surface area contributed by atoms with E-state index >= 15 is 0 Å². The first-order valence-electron chi connectivity index (χ1n) is 4.17. The largest absolute Gasteiger partial charge is 0.480 e. The lowest BCUT2D eigenvalue weighted by molar-refractivity contribution is 0.398. The molecule has 1 aliphatic heterocycles. The van der Waals surface area contributed by atoms with E-state index in [0.717, 1.165) is 18.7 Å². The summed E-state index contributed by atoms with van der Waals surface area (Å²) in [5.74, 6) is 0.715. The van der Waals surface area contributed by atoms with Crippen molar-refractivity contribution < 1.29 is 4.74 Å². The summed E-state index contributed by atoms with van der Waals surface area (Å²) >= 11 is 0. The van der Waals surface area contributed by atoms with E-state index in [1.54, 1.807) is 13.3 Å². The van der Waals surface area contributed by atoms with Crippen LogP contribution in [0, 0.1) is 0 Å². The molecule has 0 bridgehead atoms. The number of hydrogen-bond donors (Lipinski definition) is 1. The molecule has 12 heavy (non-hydrogen) atoms. The van der Waals surface area contributed by atoms with E-state index in [9.17, 15) is 0 Å². The lowest BCUT2D eigenvalue weighted by atomic mass is 10.1. The second kappa shape index (κ2) is 3.01. The molecular weight excluding hydrogens is 152 g/mol. The Morgan fingerprint density at radius 2 is 2.50 bits per heavy atom. The van der Waals surface area contributed by atoms with Crippen LogP contribution in [0.3, 0.4) is 0 Å². The van der Waals surface area contributed by atoms with Crippen LogP contribution < -0.4 is 10.1 Å². The number of nitrogens with zero attached hydrogens (tertiary/aromatic N) is 1. The highest BCUT2D eigenvalue weighted by Crippen LogP contribution is 2.29. The summed E-state index contributed by atoms with van der Waals surface area (Å²) in [6, 6.07) is 2.05. The topological polar surface area (TPSA) is 34.1 Å². The van der Waals surface area contributed by atoms with Gasteiger partial charge < -0.3 is 10.1 Å². The zero-order chi connectivity index (χ0) is 8.39. The third kappa shape index (κ3) is 1.11. The summed E-state index contributed by atoms with van der Waals surface area (Å²) in [6.45, 7) is 1.02. The van der Waals surface area contributed by atoms with Crippen LogP contribution in [-0.4, -0.2) is 18.6 Å². The van der Waals surface area contributed by atoms with Crippen LogP contribution in [0.1, 0.15) is 12.0 Å². The highest BCUT2D eigenvalue weighted by Gasteiger charge is 2.12. The number of rotatable bonds is 1. The average Bonchev–Trinajstić information content (AvgIpc) is 2.17. The van der Waals surface area contributed by atoms with Crippen molar-refractivity contribution in [3.05, 3.63) is 17.8 Å². The van der Waals surface area contributed by atoms with Crippen molar-refractivity contribution in [2.45, 2.75) is 12.8 Å². The van der Waals surface area contributed by atoms with E-state index in [1.165, 1.54) is 12.0 Å². The molecule has 0 saturated heterocycles. The molecule has 0 unspecified atom stereocenters. The van der Waals surface area contributed by atoms with Gasteiger partial charge in [-0.2, -0.15) is 0 Å². The van der Waals surface area contributed by atoms with Gasteiger partial charge in [0.15, 0.2) is 0 Å². The minimum Gasteiger partial charge on any atom is -0.480 e. The molecule has 1 aliphatic rings. The number of fused-ring (bicyclic) bond motifs is 1. The summed E-state index contributed by atoms with van der Waals surface area (Å²) in [6.07, 6.45) is 4.12. The van der Waals surface area contributed by atoms with Gasteiger partial charge in [-0.05, 0) is 24.5 Å². The van der Waals surface area contributed by atoms with Crippen molar-refractivity contribution >= 4 is 5.69 Å². The molecule has 1 aromatic rings. The summed E-state index contributed by atoms with van der Waals surface area (Å²) < 4.78 is 5.14. The van der Waals surface area contributed by atoms with Crippen LogP contribution in [0.25, 0.3) is 0 Å². The fourth-order valence-corrected chi connectivity index (χ4v) is 1.52. The molecule has 1 N–H and O–H groups in total. The average molecular weight is 164 g/mol. The predicted molar refractivity (Wildman–Crippen MR) is 47.6 cm³/mol. The van der Waals surface area contributed by atoms with Gasteiger partial charge in [0.25, 0.3) is 0 Å². The second-order valence-corrected chi connectivity index (χ2v) is 2.88. The number of methoxy groups -OCH3 is 1. The van der Waals surface area contributed by atoms with E-state index in [-0.39, 0.29) is 0 Å². The zero-order valence-corrected chi connectivity index (χ0v) is 7.13. The molecule has 0 fully saturated rings. The normalized spacial score (nSPS) is 14.8. The van der Waals surface area contributed by atoms with Gasteiger partial charge in [0.05, 0.1) is 7.11 Å². The quantitative estimate of drug-likeness (QED) is 0.682. The first-order chi connectivity index (χ1) is 5.92. The van der Waals surface area contributed by atoms with Crippen LogP contribution >= 0.6 is 0 Å². The summed E-state index contributed by atoms with van der Waals surface area (Å²) in [4.78, 5) is 4.13. The summed E-state index contributed by atoms with van der Waals surface area (Å²) in [7, 11) is 1.65. The molecular formula is C9H12N2O. The van der Waals surface area contributed by atoms with E-state index in [0.29, 0.717) is 5.88 Å². The standard InChI is InChI=1S/C9H12N2O/c1-12-9-8-7(4-6-11-9)3-2-5-10-8/h4,6,10H,2-3,5H2,1H3. The van der Waals surface area contributed by atoms with Crippen molar-refractivity contribution in [2.75, 3.05) is 19.0 Å². The Hall–Kier alpha value is -1.25. The molecule has 0 radical (unpaired) electrons. The number of hydrogen-bond acceptors (Lipinski definition) is 3. The van der Waals surface area contributed by atoms with Crippen LogP contribution in [0.2, 0.25) is 0 Å². The van der Waals surface area contributed by atoms with E-state index in [2.05, 4.69) is 10.3 Å². The number of nitrogens with one attached hydrogen (secondary N) is 1. The maximum Gasteiger partial charge on any atom is 0.237 e. The second-order valence-electron chi connectivity index (χ2n) is 2.88. The van der Waals surface area contributed by atoms with E-state index in [4.69, 9.17) is 4.74 Å². The first-order valence-corrected chi connectivity index (χ1v) is 4.17. The molecule has 0 atom stereocenters. The molecule has 0 aromatic carbocycles. The number of ether oxygens (including phenoxy) is 1. The molecule has 3 heteroatoms. The van der Waals surface area contributed by atoms with Crippen molar-refractivity contribution in [1.29, 1.82) is 0 Å². The maximum atomic E-state index is 5.14. The van der Waals surface area contributed by atoms with E-state index in [1.807, 2.05) is 6.07 Å². The smallest absolute Gasteiger partial charge is 0.237 e. The highest BCUT2D eigenvalue weighted by atomic mass is 16.5. The number of anilines is 1. The Morgan fingerprint density at radius 3 is 3.33 bits per heavy atom. The van der Waals surface area contributed by atoms with Crippen molar-refractivity contribution in [2.24, 2.45) is 0 Å². The fraction of sp³-hybridized carbons (Fsp3) is 0.444. The summed E-state index contributed by atoms with van der Waals surface area (Å²) in [5.41, 5.74) is 2.39. The lowest BCUT2D eigenvalue weighted by Gasteiger charge is -2.18. The molecule has 64 valence electrons. The molecule has 1 aromatic heterocycles. The van der Waals surface area contributed by atoms with Gasteiger partial charge in [-0.25, -0.2) is 4.98 Å². The Bertz CT molecular complexity index is 272. The molecule has 0 aliphatic carbocycles. The minimum atomic E-state index is 0.715. The predicted octanol–water partition coefficient (Wildman–Crippen LogP) is 1.45. The van der Waals surface area contributed by atoms with Gasteiger partial charge in [0.2, 0.25) is 5.88 Å². The number of aryl methyl sites for hydroxylation is 1. The number of pyridine rings is 1. The van der Waals surface area contributed by atoms with E-state index < -0.39 is 0 Å². The van der Waals surface area contributed by atoms with Crippen LogP contribution in [0.5, 0.6) is 5.88 Å². The Morgan fingerprint density at radius 1 is 1.58 bits per heavy atom. The van der Waals surface area contributed by atoms with Crippen molar-refractivity contribution in [1.82, 2.24) is 4.98 Å². The lowest BCUT2D eigenvalue weighted by Crippen LogP contribution is -2.13. The Balaban J connectivity index is 2.44. The molecule has 3 nitrogen and oxygen atoms in total. The molecule has 0 spiro atoms. The van der Waals surface area contributed by atoms with Gasteiger partial charge in [-0.3, -0.25) is 0 Å². The van der Waals surface area contributed by atoms with Crippen LogP contribution in [-0.2, 0) is 6.42 Å². The monoisotopic (exact) mass is 164 g/mol. The maximum absolute atomic E-state index is 5.14. The summed E-state index contributed by atoms with van der Waals surface area (Å²) in [5, 5.41) is 3.29. The Labute approximate surface area is 71.8 Å². The Kier molecular flexibility index (Phi) is 1.86. The third-order valence-electron chi connectivity index (χ3n) is 2.12. The SMILES string of the molecule is COc1nccc2c1NCCC2. The third-order valence-corrected chi connectivity index (χ3v) is 2.12. The van der Waals surface area contributed by atoms with Gasteiger partial charge in [0.1, 0.15) is 5.69 Å². The molecule has 0 saturated carbocycles.